The van der Waals surface area contributed by atoms with E-state index >= 15 is 0 Å². The third-order valence-electron chi connectivity index (χ3n) is 3.66. The van der Waals surface area contributed by atoms with Gasteiger partial charge in [0.1, 0.15) is 0 Å². The van der Waals surface area contributed by atoms with Crippen LogP contribution in [-0.4, -0.2) is 32.3 Å². The first kappa shape index (κ1) is 21.7. The van der Waals surface area contributed by atoms with Crippen LogP contribution in [0.1, 0.15) is 11.1 Å². The maximum atomic E-state index is 13.3. The fraction of sp³-hybridized carbons (Fsp3) is 0.143. The summed E-state index contributed by atoms with van der Waals surface area (Å²) in [5.74, 6) is -1.74. The third-order valence-corrected chi connectivity index (χ3v) is 3.66. The van der Waals surface area contributed by atoms with E-state index in [0.29, 0.717) is 11.6 Å². The highest BCUT2D eigenvalue weighted by Crippen LogP contribution is 2.34. The molecule has 0 heterocycles. The minimum Gasteiger partial charge on any atom is -0.493 e. The molecular formula is C21H17F3O5. The molecule has 2 aromatic rings. The molecule has 5 nitrogen and oxygen atoms in total. The van der Waals surface area contributed by atoms with Crippen molar-refractivity contribution in [1.82, 2.24) is 0 Å². The van der Waals surface area contributed by atoms with Crippen molar-refractivity contribution in [3.63, 3.8) is 0 Å². The maximum absolute atomic E-state index is 13.3. The Morgan fingerprint density at radius 3 is 2.21 bits per heavy atom. The van der Waals surface area contributed by atoms with E-state index < -0.39 is 23.7 Å². The molecule has 0 aliphatic carbocycles. The summed E-state index contributed by atoms with van der Waals surface area (Å²) in [6, 6.07) is 11.2. The smallest absolute Gasteiger partial charge is 0.417 e. The molecule has 0 amide bonds. The molecule has 0 fully saturated rings. The van der Waals surface area contributed by atoms with Crippen LogP contribution < -0.4 is 9.47 Å². The van der Waals surface area contributed by atoms with Gasteiger partial charge in [0.05, 0.1) is 19.8 Å². The molecule has 0 radical (unpaired) electrons. The number of ether oxygens (including phenoxy) is 3. The second kappa shape index (κ2) is 9.59. The van der Waals surface area contributed by atoms with Crippen LogP contribution in [0.15, 0.2) is 60.7 Å². The van der Waals surface area contributed by atoms with Gasteiger partial charge in [0.15, 0.2) is 11.5 Å². The van der Waals surface area contributed by atoms with Gasteiger partial charge >= 0.3 is 18.1 Å². The van der Waals surface area contributed by atoms with Crippen molar-refractivity contribution in [2.24, 2.45) is 0 Å². The number of esters is 2. The van der Waals surface area contributed by atoms with Gasteiger partial charge in [-0.3, -0.25) is 0 Å². The molecule has 0 bridgehead atoms. The summed E-state index contributed by atoms with van der Waals surface area (Å²) in [5, 5.41) is 0. The van der Waals surface area contributed by atoms with Gasteiger partial charge in [-0.2, -0.15) is 13.2 Å². The molecular weight excluding hydrogens is 389 g/mol. The molecule has 0 unspecified atom stereocenters. The molecule has 0 saturated carbocycles. The standard InChI is InChI=1S/C21H17F3O5/c1-27-18-12-14(9-11-19(25)28-2)8-10-17(18)29-20(26)13-16(21(22,23)24)15-6-4-3-5-7-15/h3-13H,1-2H3/b11-9+,16-13-. The summed E-state index contributed by atoms with van der Waals surface area (Å²) < 4.78 is 54.6. The Morgan fingerprint density at radius 1 is 0.931 bits per heavy atom. The summed E-state index contributed by atoms with van der Waals surface area (Å²) in [7, 11) is 2.54. The Labute approximate surface area is 165 Å². The van der Waals surface area contributed by atoms with E-state index in [9.17, 15) is 22.8 Å². The summed E-state index contributed by atoms with van der Waals surface area (Å²) in [6.07, 6.45) is -1.73. The van der Waals surface area contributed by atoms with E-state index in [0.717, 1.165) is 0 Å². The maximum Gasteiger partial charge on any atom is 0.417 e. The summed E-state index contributed by atoms with van der Waals surface area (Å²) in [4.78, 5) is 23.3. The van der Waals surface area contributed by atoms with Crippen molar-refractivity contribution in [3.8, 4) is 11.5 Å². The molecule has 0 spiro atoms. The van der Waals surface area contributed by atoms with E-state index in [1.807, 2.05) is 0 Å². The van der Waals surface area contributed by atoms with Crippen LogP contribution in [-0.2, 0) is 14.3 Å². The van der Waals surface area contributed by atoms with Gasteiger partial charge in [0.25, 0.3) is 0 Å². The van der Waals surface area contributed by atoms with Crippen molar-refractivity contribution in [2.45, 2.75) is 6.18 Å². The van der Waals surface area contributed by atoms with E-state index in [-0.39, 0.29) is 17.1 Å². The average Bonchev–Trinajstić information content (AvgIpc) is 2.70. The van der Waals surface area contributed by atoms with E-state index in [1.165, 1.54) is 68.8 Å². The SMILES string of the molecule is COC(=O)/C=C/c1ccc(OC(=O)/C=C(/c2ccccc2)C(F)(F)F)c(OC)c1. The molecule has 0 aliphatic heterocycles. The number of halogens is 3. The van der Waals surface area contributed by atoms with Crippen molar-refractivity contribution in [1.29, 1.82) is 0 Å². The largest absolute Gasteiger partial charge is 0.493 e. The molecule has 8 heteroatoms. The summed E-state index contributed by atoms with van der Waals surface area (Å²) in [6.45, 7) is 0. The van der Waals surface area contributed by atoms with E-state index in [1.54, 1.807) is 6.07 Å². The highest BCUT2D eigenvalue weighted by molar-refractivity contribution is 5.94. The first-order chi connectivity index (χ1) is 13.7. The number of alkyl halides is 3. The molecule has 29 heavy (non-hydrogen) atoms. The third kappa shape index (κ3) is 6.24. The zero-order valence-electron chi connectivity index (χ0n) is 15.5. The van der Waals surface area contributed by atoms with Crippen LogP contribution in [0, 0.1) is 0 Å². The molecule has 0 N–H and O–H groups in total. The van der Waals surface area contributed by atoms with Gasteiger partial charge < -0.3 is 14.2 Å². The average molecular weight is 406 g/mol. The van der Waals surface area contributed by atoms with Crippen LogP contribution in [0.25, 0.3) is 11.6 Å². The first-order valence-corrected chi connectivity index (χ1v) is 8.24. The quantitative estimate of drug-likeness (QED) is 0.403. The predicted molar refractivity (Wildman–Crippen MR) is 100 cm³/mol. The number of carbonyl (C=O) groups is 2. The van der Waals surface area contributed by atoms with Gasteiger partial charge in [-0.1, -0.05) is 36.4 Å². The van der Waals surface area contributed by atoms with Crippen LogP contribution in [0.5, 0.6) is 11.5 Å². The normalized spacial score (nSPS) is 12.0. The lowest BCUT2D eigenvalue weighted by Crippen LogP contribution is -2.15. The van der Waals surface area contributed by atoms with Gasteiger partial charge in [-0.05, 0) is 29.3 Å². The Kier molecular flexibility index (Phi) is 7.19. The van der Waals surface area contributed by atoms with E-state index in [4.69, 9.17) is 9.47 Å². The fourth-order valence-corrected chi connectivity index (χ4v) is 2.31. The minimum atomic E-state index is -4.74. The number of hydrogen-bond donors (Lipinski definition) is 0. The predicted octanol–water partition coefficient (Wildman–Crippen LogP) is 4.43. The van der Waals surface area contributed by atoms with E-state index in [2.05, 4.69) is 4.74 Å². The lowest BCUT2D eigenvalue weighted by Gasteiger charge is -2.13. The minimum absolute atomic E-state index is 0.0708. The molecule has 2 aromatic carbocycles. The second-order valence-electron chi connectivity index (χ2n) is 5.61. The number of rotatable bonds is 6. The Balaban J connectivity index is 2.27. The lowest BCUT2D eigenvalue weighted by atomic mass is 10.1. The van der Waals surface area contributed by atoms with Crippen molar-refractivity contribution < 1.29 is 37.0 Å². The topological polar surface area (TPSA) is 61.8 Å². The van der Waals surface area contributed by atoms with Crippen molar-refractivity contribution in [2.75, 3.05) is 14.2 Å². The molecule has 0 aromatic heterocycles. The monoisotopic (exact) mass is 406 g/mol. The van der Waals surface area contributed by atoms with Crippen molar-refractivity contribution in [3.05, 3.63) is 71.8 Å². The Bertz CT molecular complexity index is 931. The second-order valence-corrected chi connectivity index (χ2v) is 5.61. The molecule has 0 atom stereocenters. The molecule has 152 valence electrons. The number of benzene rings is 2. The number of methoxy groups -OCH3 is 2. The van der Waals surface area contributed by atoms with Crippen LogP contribution in [0.2, 0.25) is 0 Å². The lowest BCUT2D eigenvalue weighted by molar-refractivity contribution is -0.134. The number of allylic oxidation sites excluding steroid dienone is 1. The number of hydrogen-bond acceptors (Lipinski definition) is 5. The molecule has 0 saturated heterocycles. The number of carbonyl (C=O) groups excluding carboxylic acids is 2. The fourth-order valence-electron chi connectivity index (χ4n) is 2.31. The molecule has 0 aliphatic rings. The summed E-state index contributed by atoms with van der Waals surface area (Å²) in [5.41, 5.74) is -0.755. The summed E-state index contributed by atoms with van der Waals surface area (Å²) >= 11 is 0. The highest BCUT2D eigenvalue weighted by atomic mass is 19.4. The zero-order chi connectivity index (χ0) is 21.4. The van der Waals surface area contributed by atoms with Gasteiger partial charge in [-0.25, -0.2) is 9.59 Å². The first-order valence-electron chi connectivity index (χ1n) is 8.24. The molecule has 2 rings (SSSR count). The zero-order valence-corrected chi connectivity index (χ0v) is 15.5. The van der Waals surface area contributed by atoms with Crippen LogP contribution in [0.4, 0.5) is 13.2 Å². The van der Waals surface area contributed by atoms with Gasteiger partial charge in [-0.15, -0.1) is 0 Å². The van der Waals surface area contributed by atoms with Gasteiger partial charge in [0, 0.05) is 12.2 Å². The van der Waals surface area contributed by atoms with Gasteiger partial charge in [0.2, 0.25) is 0 Å². The Hall–Kier alpha value is -3.55. The Morgan fingerprint density at radius 2 is 1.62 bits per heavy atom. The van der Waals surface area contributed by atoms with Crippen LogP contribution in [0.3, 0.4) is 0 Å². The highest BCUT2D eigenvalue weighted by Gasteiger charge is 2.35. The van der Waals surface area contributed by atoms with Crippen molar-refractivity contribution >= 4 is 23.6 Å². The van der Waals surface area contributed by atoms with Crippen LogP contribution >= 0.6 is 0 Å².